The number of nitrogen functional groups attached to an aromatic ring is 1. The Morgan fingerprint density at radius 2 is 1.90 bits per heavy atom. The van der Waals surface area contributed by atoms with Crippen molar-refractivity contribution in [2.75, 3.05) is 18.8 Å². The van der Waals surface area contributed by atoms with Crippen molar-refractivity contribution in [2.24, 2.45) is 0 Å². The van der Waals surface area contributed by atoms with E-state index in [9.17, 15) is 26.0 Å². The predicted octanol–water partition coefficient (Wildman–Crippen LogP) is 2.29. The van der Waals surface area contributed by atoms with E-state index in [0.717, 1.165) is 28.6 Å². The van der Waals surface area contributed by atoms with Crippen LogP contribution in [0, 0.1) is 5.82 Å². The fourth-order valence-corrected chi connectivity index (χ4v) is 3.50. The maximum Gasteiger partial charge on any atom is 0.412 e. The molecule has 0 fully saturated rings. The molecule has 0 aromatic heterocycles. The van der Waals surface area contributed by atoms with E-state index in [1.807, 2.05) is 0 Å². The van der Waals surface area contributed by atoms with Crippen LogP contribution in [0.1, 0.15) is 6.42 Å². The van der Waals surface area contributed by atoms with Gasteiger partial charge in [0.05, 0.1) is 5.69 Å². The minimum atomic E-state index is -4.45. The Labute approximate surface area is 118 Å². The molecule has 0 amide bonds. The molecular weight excluding hydrogens is 312 g/mol. The average molecular weight is 324 g/mol. The highest BCUT2D eigenvalue weighted by Gasteiger charge is 2.37. The van der Waals surface area contributed by atoms with E-state index in [1.165, 1.54) is 0 Å². The van der Waals surface area contributed by atoms with Crippen LogP contribution >= 0.6 is 0 Å². The Hall–Kier alpha value is -1.61. The van der Waals surface area contributed by atoms with Gasteiger partial charge in [-0.25, -0.2) is 12.8 Å². The number of anilines is 1. The molecular formula is C12H12F4N2O2S. The fourth-order valence-electron chi connectivity index (χ4n) is 2.02. The minimum Gasteiger partial charge on any atom is -0.398 e. The van der Waals surface area contributed by atoms with Crippen LogP contribution in [0.5, 0.6) is 0 Å². The summed E-state index contributed by atoms with van der Waals surface area (Å²) in [6.07, 6.45) is -4.05. The zero-order chi connectivity index (χ0) is 15.8. The second-order valence-electron chi connectivity index (χ2n) is 4.52. The summed E-state index contributed by atoms with van der Waals surface area (Å²) in [6, 6.07) is 2.79. The quantitative estimate of drug-likeness (QED) is 0.516. The third-order valence-electron chi connectivity index (χ3n) is 3.13. The number of halogens is 4. The van der Waals surface area contributed by atoms with Crippen molar-refractivity contribution in [1.29, 1.82) is 0 Å². The van der Waals surface area contributed by atoms with Crippen LogP contribution in [-0.2, 0) is 10.0 Å². The number of nitrogens with zero attached hydrogens (tertiary/aromatic N) is 1. The van der Waals surface area contributed by atoms with Gasteiger partial charge < -0.3 is 5.73 Å². The highest BCUT2D eigenvalue weighted by atomic mass is 32.2. The number of hydrogen-bond acceptors (Lipinski definition) is 3. The lowest BCUT2D eigenvalue weighted by molar-refractivity contribution is -0.0953. The summed E-state index contributed by atoms with van der Waals surface area (Å²) in [5.74, 6) is -0.690. The number of hydrogen-bond donors (Lipinski definition) is 1. The smallest absolute Gasteiger partial charge is 0.398 e. The summed E-state index contributed by atoms with van der Waals surface area (Å²) in [5.41, 5.74) is 4.44. The summed E-state index contributed by atoms with van der Waals surface area (Å²) >= 11 is 0. The molecule has 1 heterocycles. The van der Waals surface area contributed by atoms with Gasteiger partial charge in [-0.05, 0) is 24.6 Å². The van der Waals surface area contributed by atoms with Gasteiger partial charge in [-0.1, -0.05) is 6.08 Å². The first-order valence-corrected chi connectivity index (χ1v) is 7.38. The van der Waals surface area contributed by atoms with Crippen LogP contribution in [0.3, 0.4) is 0 Å². The second-order valence-corrected chi connectivity index (χ2v) is 6.43. The highest BCUT2D eigenvalue weighted by Crippen LogP contribution is 2.32. The van der Waals surface area contributed by atoms with Crippen LogP contribution in [0.25, 0.3) is 0 Å². The highest BCUT2D eigenvalue weighted by molar-refractivity contribution is 7.89. The summed E-state index contributed by atoms with van der Waals surface area (Å²) in [5, 5.41) is 0. The number of rotatable bonds is 2. The van der Waals surface area contributed by atoms with Crippen molar-refractivity contribution in [2.45, 2.75) is 17.5 Å². The third kappa shape index (κ3) is 3.18. The first-order chi connectivity index (χ1) is 9.62. The van der Waals surface area contributed by atoms with Crippen LogP contribution in [0.4, 0.5) is 23.2 Å². The molecule has 9 heteroatoms. The molecule has 1 aromatic carbocycles. The minimum absolute atomic E-state index is 0.277. The van der Waals surface area contributed by atoms with Crippen molar-refractivity contribution >= 4 is 15.7 Å². The molecule has 0 aliphatic carbocycles. The molecule has 0 spiro atoms. The van der Waals surface area contributed by atoms with E-state index in [1.54, 1.807) is 0 Å². The van der Waals surface area contributed by atoms with E-state index in [4.69, 9.17) is 5.73 Å². The van der Waals surface area contributed by atoms with Crippen LogP contribution in [0.15, 0.2) is 34.7 Å². The summed E-state index contributed by atoms with van der Waals surface area (Å²) < 4.78 is 75.9. The molecule has 0 saturated carbocycles. The molecule has 0 radical (unpaired) electrons. The molecule has 2 N–H and O–H groups in total. The van der Waals surface area contributed by atoms with E-state index in [2.05, 4.69) is 0 Å². The second kappa shape index (κ2) is 5.30. The van der Waals surface area contributed by atoms with Crippen molar-refractivity contribution in [3.63, 3.8) is 0 Å². The van der Waals surface area contributed by atoms with Crippen molar-refractivity contribution in [3.05, 3.63) is 35.7 Å². The Morgan fingerprint density at radius 3 is 2.38 bits per heavy atom. The summed E-state index contributed by atoms with van der Waals surface area (Å²) in [7, 11) is -4.05. The number of sulfonamides is 1. The molecule has 116 valence electrons. The van der Waals surface area contributed by atoms with Gasteiger partial charge in [0.25, 0.3) is 0 Å². The molecule has 0 saturated heterocycles. The summed E-state index contributed by atoms with van der Waals surface area (Å²) in [6.45, 7) is -0.696. The van der Waals surface area contributed by atoms with Crippen molar-refractivity contribution < 1.29 is 26.0 Å². The Bertz CT molecular complexity index is 683. The fraction of sp³-hybridized carbons (Fsp3) is 0.333. The molecule has 0 bridgehead atoms. The normalized spacial score (nSPS) is 17.6. The number of alkyl halides is 3. The van der Waals surface area contributed by atoms with Gasteiger partial charge in [0, 0.05) is 18.7 Å². The van der Waals surface area contributed by atoms with Gasteiger partial charge in [-0.15, -0.1) is 0 Å². The van der Waals surface area contributed by atoms with Crippen molar-refractivity contribution in [1.82, 2.24) is 4.31 Å². The first kappa shape index (κ1) is 15.8. The zero-order valence-electron chi connectivity index (χ0n) is 10.7. The lowest BCUT2D eigenvalue weighted by atomic mass is 10.1. The molecule has 1 aromatic rings. The first-order valence-electron chi connectivity index (χ1n) is 5.94. The van der Waals surface area contributed by atoms with Crippen molar-refractivity contribution in [3.8, 4) is 0 Å². The molecule has 4 nitrogen and oxygen atoms in total. The van der Waals surface area contributed by atoms with Gasteiger partial charge in [-0.3, -0.25) is 0 Å². The standard InChI is InChI=1S/C12H12F4N2O2S/c13-9-1-2-11(10(17)7-9)21(19,20)18-5-3-8(4-6-18)12(14,15)16/h1-3,7H,4-6,17H2. The maximum atomic E-state index is 12.9. The van der Waals surface area contributed by atoms with Gasteiger partial charge in [0.2, 0.25) is 10.0 Å². The summed E-state index contributed by atoms with van der Waals surface area (Å²) in [4.78, 5) is -0.312. The van der Waals surface area contributed by atoms with Crippen LogP contribution in [-0.4, -0.2) is 32.0 Å². The van der Waals surface area contributed by atoms with Crippen LogP contribution in [0.2, 0.25) is 0 Å². The Kier molecular flexibility index (Phi) is 3.98. The number of nitrogens with two attached hydrogens (primary N) is 1. The molecule has 2 rings (SSSR count). The molecule has 0 unspecified atom stereocenters. The lowest BCUT2D eigenvalue weighted by Gasteiger charge is -2.27. The van der Waals surface area contributed by atoms with Gasteiger partial charge in [0.1, 0.15) is 10.7 Å². The molecule has 1 aliphatic rings. The zero-order valence-corrected chi connectivity index (χ0v) is 11.5. The van der Waals surface area contributed by atoms with E-state index >= 15 is 0 Å². The predicted molar refractivity (Wildman–Crippen MR) is 68.3 cm³/mol. The van der Waals surface area contributed by atoms with E-state index in [-0.39, 0.29) is 17.1 Å². The third-order valence-corrected chi connectivity index (χ3v) is 5.06. The van der Waals surface area contributed by atoms with E-state index < -0.39 is 40.6 Å². The lowest BCUT2D eigenvalue weighted by Crippen LogP contribution is -2.37. The topological polar surface area (TPSA) is 63.4 Å². The van der Waals surface area contributed by atoms with Gasteiger partial charge in [-0.2, -0.15) is 17.5 Å². The van der Waals surface area contributed by atoms with Crippen LogP contribution < -0.4 is 5.73 Å². The van der Waals surface area contributed by atoms with E-state index in [0.29, 0.717) is 0 Å². The SMILES string of the molecule is Nc1cc(F)ccc1S(=O)(=O)N1CC=C(C(F)(F)F)CC1. The Morgan fingerprint density at radius 1 is 1.24 bits per heavy atom. The monoisotopic (exact) mass is 324 g/mol. The van der Waals surface area contributed by atoms with Gasteiger partial charge in [0.15, 0.2) is 0 Å². The molecule has 1 aliphatic heterocycles. The average Bonchev–Trinajstić information content (AvgIpc) is 2.37. The molecule has 21 heavy (non-hydrogen) atoms. The Balaban J connectivity index is 2.29. The maximum absolute atomic E-state index is 12.9. The number of benzene rings is 1. The van der Waals surface area contributed by atoms with Gasteiger partial charge >= 0.3 is 6.18 Å². The molecule has 0 atom stereocenters. The largest absolute Gasteiger partial charge is 0.412 e.